The van der Waals surface area contributed by atoms with Gasteiger partial charge in [0.25, 0.3) is 0 Å². The molecule has 2 heterocycles. The van der Waals surface area contributed by atoms with E-state index in [4.69, 9.17) is 14.5 Å². The van der Waals surface area contributed by atoms with Crippen molar-refractivity contribution in [2.75, 3.05) is 28.3 Å². The maximum absolute atomic E-state index is 13.5. The number of benzene rings is 2. The van der Waals surface area contributed by atoms with Crippen molar-refractivity contribution in [3.05, 3.63) is 65.2 Å². The molecule has 0 N–H and O–H groups in total. The number of ether oxygens (including phenoxy) is 2. The van der Waals surface area contributed by atoms with E-state index in [0.717, 1.165) is 32.9 Å². The molecule has 2 aromatic carbocycles. The Morgan fingerprint density at radius 1 is 1.06 bits per heavy atom. The minimum atomic E-state index is -0.279. The molecule has 0 bridgehead atoms. The molecule has 178 valence electrons. The van der Waals surface area contributed by atoms with Gasteiger partial charge in [0.2, 0.25) is 0 Å². The minimum Gasteiger partial charge on any atom is -0.493 e. The van der Waals surface area contributed by atoms with Gasteiger partial charge in [0, 0.05) is 22.4 Å². The van der Waals surface area contributed by atoms with Crippen LogP contribution in [0.3, 0.4) is 0 Å². The van der Waals surface area contributed by atoms with E-state index in [0.29, 0.717) is 17.3 Å². The number of halogens is 1. The van der Waals surface area contributed by atoms with Crippen molar-refractivity contribution in [1.82, 2.24) is 24.6 Å². The van der Waals surface area contributed by atoms with Crippen LogP contribution in [0.5, 0.6) is 11.5 Å². The van der Waals surface area contributed by atoms with Gasteiger partial charge in [-0.2, -0.15) is 0 Å². The fraction of sp³-hybridized carbons (Fsp3) is 0.292. The molecule has 4 aromatic rings. The van der Waals surface area contributed by atoms with E-state index in [1.165, 1.54) is 12.1 Å². The van der Waals surface area contributed by atoms with Gasteiger partial charge in [-0.3, -0.25) is 9.47 Å². The third-order valence-corrected chi connectivity index (χ3v) is 7.33. The normalized spacial score (nSPS) is 12.2. The van der Waals surface area contributed by atoms with Crippen molar-refractivity contribution < 1.29 is 13.9 Å². The molecule has 0 aliphatic heterocycles. The van der Waals surface area contributed by atoms with Gasteiger partial charge in [0.15, 0.2) is 22.5 Å². The van der Waals surface area contributed by atoms with E-state index in [9.17, 15) is 4.39 Å². The molecule has 0 amide bonds. The summed E-state index contributed by atoms with van der Waals surface area (Å²) in [5, 5.41) is 12.6. The molecule has 10 heteroatoms. The second-order valence-electron chi connectivity index (χ2n) is 7.79. The SMILES string of the molecule is COc1ccc(-c2nc(CSc3nnc([C@@H](C)N(C)C)n3-c3ccc(F)cc3)cs2)cc1OC. The molecular weight excluding hydrogens is 473 g/mol. The molecule has 2 aromatic heterocycles. The highest BCUT2D eigenvalue weighted by molar-refractivity contribution is 7.98. The number of methoxy groups -OCH3 is 2. The van der Waals surface area contributed by atoms with E-state index in [-0.39, 0.29) is 11.9 Å². The van der Waals surface area contributed by atoms with Gasteiger partial charge in [-0.1, -0.05) is 11.8 Å². The average molecular weight is 500 g/mol. The summed E-state index contributed by atoms with van der Waals surface area (Å²) in [6.45, 7) is 2.06. The number of thioether (sulfide) groups is 1. The lowest BCUT2D eigenvalue weighted by Crippen LogP contribution is -2.20. The van der Waals surface area contributed by atoms with Crippen LogP contribution in [0, 0.1) is 5.82 Å². The van der Waals surface area contributed by atoms with Gasteiger partial charge in [0.1, 0.15) is 10.8 Å². The van der Waals surface area contributed by atoms with Crippen LogP contribution in [0.2, 0.25) is 0 Å². The molecule has 0 saturated heterocycles. The highest BCUT2D eigenvalue weighted by atomic mass is 32.2. The summed E-state index contributed by atoms with van der Waals surface area (Å²) in [5.74, 6) is 2.49. The van der Waals surface area contributed by atoms with Crippen LogP contribution in [-0.4, -0.2) is 53.0 Å². The Hall–Kier alpha value is -2.95. The fourth-order valence-corrected chi connectivity index (χ4v) is 5.10. The van der Waals surface area contributed by atoms with Crippen molar-refractivity contribution >= 4 is 23.1 Å². The zero-order chi connectivity index (χ0) is 24.2. The fourth-order valence-electron chi connectivity index (χ4n) is 3.32. The molecule has 34 heavy (non-hydrogen) atoms. The lowest BCUT2D eigenvalue weighted by molar-refractivity contribution is 0.305. The van der Waals surface area contributed by atoms with Crippen molar-refractivity contribution in [1.29, 1.82) is 0 Å². The zero-order valence-corrected chi connectivity index (χ0v) is 21.3. The lowest BCUT2D eigenvalue weighted by Gasteiger charge is -2.20. The first-order valence-electron chi connectivity index (χ1n) is 10.6. The molecule has 7 nitrogen and oxygen atoms in total. The summed E-state index contributed by atoms with van der Waals surface area (Å²) < 4.78 is 26.3. The Labute approximate surface area is 206 Å². The molecule has 0 unspecified atom stereocenters. The number of rotatable bonds is 9. The number of nitrogens with zero attached hydrogens (tertiary/aromatic N) is 5. The second-order valence-corrected chi connectivity index (χ2v) is 9.60. The quantitative estimate of drug-likeness (QED) is 0.283. The monoisotopic (exact) mass is 499 g/mol. The summed E-state index contributed by atoms with van der Waals surface area (Å²) in [6.07, 6.45) is 0. The van der Waals surface area contributed by atoms with Gasteiger partial charge in [0.05, 0.1) is 26.0 Å². The predicted molar refractivity (Wildman–Crippen MR) is 134 cm³/mol. The van der Waals surface area contributed by atoms with Crippen LogP contribution in [-0.2, 0) is 5.75 Å². The second kappa shape index (κ2) is 10.5. The Kier molecular flexibility index (Phi) is 7.50. The van der Waals surface area contributed by atoms with Crippen LogP contribution in [0.1, 0.15) is 24.5 Å². The summed E-state index contributed by atoms with van der Waals surface area (Å²) in [7, 11) is 7.22. The molecule has 0 aliphatic carbocycles. The number of hydrogen-bond acceptors (Lipinski definition) is 8. The molecule has 0 radical (unpaired) electrons. The largest absolute Gasteiger partial charge is 0.493 e. The average Bonchev–Trinajstić information content (AvgIpc) is 3.49. The van der Waals surface area contributed by atoms with Gasteiger partial charge in [-0.15, -0.1) is 21.5 Å². The Morgan fingerprint density at radius 2 is 1.79 bits per heavy atom. The smallest absolute Gasteiger partial charge is 0.196 e. The Morgan fingerprint density at radius 3 is 2.47 bits per heavy atom. The summed E-state index contributed by atoms with van der Waals surface area (Å²) in [6, 6.07) is 12.2. The molecule has 0 aliphatic rings. The van der Waals surface area contributed by atoms with Gasteiger partial charge >= 0.3 is 0 Å². The summed E-state index contributed by atoms with van der Waals surface area (Å²) in [4.78, 5) is 6.86. The number of thiazole rings is 1. The van der Waals surface area contributed by atoms with Crippen molar-refractivity contribution in [3.8, 4) is 27.8 Å². The topological polar surface area (TPSA) is 65.3 Å². The van der Waals surface area contributed by atoms with E-state index >= 15 is 0 Å². The summed E-state index contributed by atoms with van der Waals surface area (Å²) in [5.41, 5.74) is 2.73. The molecule has 1 atom stereocenters. The van der Waals surface area contributed by atoms with Gasteiger partial charge in [-0.05, 0) is 63.5 Å². The van der Waals surface area contributed by atoms with E-state index in [2.05, 4.69) is 22.0 Å². The van der Waals surface area contributed by atoms with Crippen LogP contribution in [0.25, 0.3) is 16.3 Å². The van der Waals surface area contributed by atoms with Crippen molar-refractivity contribution in [2.45, 2.75) is 23.9 Å². The number of aromatic nitrogens is 4. The van der Waals surface area contributed by atoms with E-state index in [1.807, 2.05) is 42.2 Å². The lowest BCUT2D eigenvalue weighted by atomic mass is 10.2. The van der Waals surface area contributed by atoms with Crippen LogP contribution < -0.4 is 9.47 Å². The maximum atomic E-state index is 13.5. The van der Waals surface area contributed by atoms with E-state index in [1.54, 1.807) is 49.5 Å². The molecule has 4 rings (SSSR count). The Balaban J connectivity index is 1.58. The van der Waals surface area contributed by atoms with Gasteiger partial charge in [-0.25, -0.2) is 9.37 Å². The van der Waals surface area contributed by atoms with Crippen molar-refractivity contribution in [3.63, 3.8) is 0 Å². The number of hydrogen-bond donors (Lipinski definition) is 0. The molecule has 0 fully saturated rings. The minimum absolute atomic E-state index is 0.0304. The van der Waals surface area contributed by atoms with Crippen LogP contribution >= 0.6 is 23.1 Å². The molecular formula is C24H26FN5O2S2. The maximum Gasteiger partial charge on any atom is 0.196 e. The first-order valence-corrected chi connectivity index (χ1v) is 12.4. The highest BCUT2D eigenvalue weighted by Gasteiger charge is 2.21. The first kappa shape index (κ1) is 24.2. The third kappa shape index (κ3) is 5.08. The first-order chi connectivity index (χ1) is 16.4. The standard InChI is InChI=1S/C24H26FN5O2S2/c1-15(29(2)3)22-27-28-24(30(22)19-9-7-17(25)8-10-19)34-14-18-13-33-23(26-18)16-6-11-20(31-4)21(12-16)32-5/h6-13,15H,14H2,1-5H3/t15-/m1/s1. The van der Waals surface area contributed by atoms with Crippen LogP contribution in [0.4, 0.5) is 4.39 Å². The summed E-state index contributed by atoms with van der Waals surface area (Å²) >= 11 is 3.12. The predicted octanol–water partition coefficient (Wildman–Crippen LogP) is 5.46. The van der Waals surface area contributed by atoms with E-state index < -0.39 is 0 Å². The molecule has 0 spiro atoms. The van der Waals surface area contributed by atoms with Crippen LogP contribution in [0.15, 0.2) is 53.0 Å². The van der Waals surface area contributed by atoms with Gasteiger partial charge < -0.3 is 9.47 Å². The third-order valence-electron chi connectivity index (χ3n) is 5.42. The molecule has 0 saturated carbocycles. The Bertz CT molecular complexity index is 1260. The highest BCUT2D eigenvalue weighted by Crippen LogP contribution is 2.35. The van der Waals surface area contributed by atoms with Crippen molar-refractivity contribution in [2.24, 2.45) is 0 Å². The zero-order valence-electron chi connectivity index (χ0n) is 19.7.